The van der Waals surface area contributed by atoms with Crippen molar-refractivity contribution in [1.82, 2.24) is 14.8 Å². The molecule has 22 heavy (non-hydrogen) atoms. The van der Waals surface area contributed by atoms with Gasteiger partial charge in [-0.15, -0.1) is 10.2 Å². The molecule has 0 spiro atoms. The molecule has 0 saturated heterocycles. The minimum atomic E-state index is -0.0344. The standard InChI is InChI=1S/C16H22N4OS/c1-10(2)15-18-19-16(20(15)5)22-9-14(21)17-13-8-6-7-11(3)12(13)4/h6-8,10H,9H2,1-5H3,(H,17,21). The molecule has 0 aliphatic heterocycles. The van der Waals surface area contributed by atoms with E-state index < -0.39 is 0 Å². The van der Waals surface area contributed by atoms with E-state index in [4.69, 9.17) is 0 Å². The Labute approximate surface area is 135 Å². The largest absolute Gasteiger partial charge is 0.325 e. The van der Waals surface area contributed by atoms with E-state index in [-0.39, 0.29) is 5.91 Å². The fraction of sp³-hybridized carbons (Fsp3) is 0.438. The molecule has 0 atom stereocenters. The molecule has 0 saturated carbocycles. The maximum Gasteiger partial charge on any atom is 0.234 e. The Balaban J connectivity index is 1.97. The van der Waals surface area contributed by atoms with Crippen LogP contribution in [-0.2, 0) is 11.8 Å². The quantitative estimate of drug-likeness (QED) is 0.860. The van der Waals surface area contributed by atoms with Crippen molar-refractivity contribution in [1.29, 1.82) is 0 Å². The molecule has 0 bridgehead atoms. The van der Waals surface area contributed by atoms with Crippen LogP contribution in [0.1, 0.15) is 36.7 Å². The van der Waals surface area contributed by atoms with E-state index in [1.165, 1.54) is 17.3 Å². The van der Waals surface area contributed by atoms with E-state index in [9.17, 15) is 4.79 Å². The van der Waals surface area contributed by atoms with E-state index in [1.807, 2.05) is 43.7 Å². The summed E-state index contributed by atoms with van der Waals surface area (Å²) in [5.74, 6) is 1.53. The van der Waals surface area contributed by atoms with Gasteiger partial charge in [0.15, 0.2) is 5.16 Å². The monoisotopic (exact) mass is 318 g/mol. The number of amides is 1. The molecule has 0 fully saturated rings. The number of carbonyl (C=O) groups is 1. The summed E-state index contributed by atoms with van der Waals surface area (Å²) in [6, 6.07) is 5.90. The number of rotatable bonds is 5. The van der Waals surface area contributed by atoms with E-state index in [2.05, 4.69) is 29.4 Å². The highest BCUT2D eigenvalue weighted by molar-refractivity contribution is 7.99. The molecule has 118 valence electrons. The lowest BCUT2D eigenvalue weighted by molar-refractivity contribution is -0.113. The number of aromatic nitrogens is 3. The molecule has 2 aromatic rings. The molecule has 1 aromatic carbocycles. The second-order valence-corrected chi connectivity index (χ2v) is 6.58. The van der Waals surface area contributed by atoms with Crippen molar-refractivity contribution >= 4 is 23.4 Å². The van der Waals surface area contributed by atoms with Crippen LogP contribution in [0.2, 0.25) is 0 Å². The van der Waals surface area contributed by atoms with Gasteiger partial charge in [-0.3, -0.25) is 4.79 Å². The minimum Gasteiger partial charge on any atom is -0.325 e. The number of aryl methyl sites for hydroxylation is 1. The van der Waals surface area contributed by atoms with Gasteiger partial charge in [0.25, 0.3) is 0 Å². The van der Waals surface area contributed by atoms with Gasteiger partial charge in [-0.2, -0.15) is 0 Å². The Morgan fingerprint density at radius 3 is 2.68 bits per heavy atom. The second-order valence-electron chi connectivity index (χ2n) is 5.64. The van der Waals surface area contributed by atoms with Crippen LogP contribution in [0, 0.1) is 13.8 Å². The number of nitrogens with zero attached hydrogens (tertiary/aromatic N) is 3. The molecule has 5 nitrogen and oxygen atoms in total. The Morgan fingerprint density at radius 1 is 1.32 bits per heavy atom. The predicted octanol–water partition coefficient (Wildman–Crippen LogP) is 3.29. The lowest BCUT2D eigenvalue weighted by Gasteiger charge is -2.10. The van der Waals surface area contributed by atoms with Gasteiger partial charge in [0, 0.05) is 18.7 Å². The van der Waals surface area contributed by atoms with Crippen molar-refractivity contribution in [3.05, 3.63) is 35.2 Å². The number of anilines is 1. The number of thioether (sulfide) groups is 1. The Morgan fingerprint density at radius 2 is 2.05 bits per heavy atom. The van der Waals surface area contributed by atoms with E-state index in [0.29, 0.717) is 11.7 Å². The molecule has 1 aromatic heterocycles. The molecule has 1 N–H and O–H groups in total. The summed E-state index contributed by atoms with van der Waals surface area (Å²) in [5.41, 5.74) is 3.13. The predicted molar refractivity (Wildman–Crippen MR) is 90.4 cm³/mol. The fourth-order valence-electron chi connectivity index (χ4n) is 2.16. The highest BCUT2D eigenvalue weighted by Gasteiger charge is 2.14. The van der Waals surface area contributed by atoms with Crippen LogP contribution in [0.4, 0.5) is 5.69 Å². The molecule has 6 heteroatoms. The molecule has 0 unspecified atom stereocenters. The first-order valence-corrected chi connectivity index (χ1v) is 8.27. The van der Waals surface area contributed by atoms with Crippen molar-refractivity contribution in [3.63, 3.8) is 0 Å². The smallest absolute Gasteiger partial charge is 0.234 e. The van der Waals surface area contributed by atoms with E-state index in [0.717, 1.165) is 22.2 Å². The Bertz CT molecular complexity index is 679. The van der Waals surface area contributed by atoms with Crippen LogP contribution in [-0.4, -0.2) is 26.4 Å². The van der Waals surface area contributed by atoms with Crippen molar-refractivity contribution in [2.75, 3.05) is 11.1 Å². The number of benzene rings is 1. The lowest BCUT2D eigenvalue weighted by atomic mass is 10.1. The maximum atomic E-state index is 12.1. The third-order valence-corrected chi connectivity index (χ3v) is 4.62. The summed E-state index contributed by atoms with van der Waals surface area (Å²) >= 11 is 1.40. The summed E-state index contributed by atoms with van der Waals surface area (Å²) in [7, 11) is 1.93. The molecule has 1 amide bonds. The normalized spacial score (nSPS) is 11.0. The van der Waals surface area contributed by atoms with Gasteiger partial charge in [-0.05, 0) is 31.0 Å². The molecule has 0 radical (unpaired) electrons. The van der Waals surface area contributed by atoms with Crippen molar-refractivity contribution in [2.24, 2.45) is 7.05 Å². The third-order valence-electron chi connectivity index (χ3n) is 3.60. The minimum absolute atomic E-state index is 0.0344. The van der Waals surface area contributed by atoms with Crippen molar-refractivity contribution < 1.29 is 4.79 Å². The third kappa shape index (κ3) is 3.68. The van der Waals surface area contributed by atoms with E-state index >= 15 is 0 Å². The van der Waals surface area contributed by atoms with Gasteiger partial charge in [0.1, 0.15) is 5.82 Å². The summed E-state index contributed by atoms with van der Waals surface area (Å²) in [5, 5.41) is 12.0. The number of carbonyl (C=O) groups excluding carboxylic acids is 1. The summed E-state index contributed by atoms with van der Waals surface area (Å²) in [6.07, 6.45) is 0. The van der Waals surface area contributed by atoms with Crippen LogP contribution < -0.4 is 5.32 Å². The summed E-state index contributed by atoms with van der Waals surface area (Å²) in [6.45, 7) is 8.19. The van der Waals surface area contributed by atoms with Crippen LogP contribution in [0.3, 0.4) is 0 Å². The molecular weight excluding hydrogens is 296 g/mol. The lowest BCUT2D eigenvalue weighted by Crippen LogP contribution is -2.15. The van der Waals surface area contributed by atoms with Gasteiger partial charge < -0.3 is 9.88 Å². The first-order chi connectivity index (χ1) is 10.4. The van der Waals surface area contributed by atoms with Crippen molar-refractivity contribution in [2.45, 2.75) is 38.8 Å². The van der Waals surface area contributed by atoms with Crippen molar-refractivity contribution in [3.8, 4) is 0 Å². The maximum absolute atomic E-state index is 12.1. The van der Waals surface area contributed by atoms with Crippen LogP contribution >= 0.6 is 11.8 Å². The van der Waals surface area contributed by atoms with Gasteiger partial charge in [0.05, 0.1) is 5.75 Å². The van der Waals surface area contributed by atoms with Gasteiger partial charge in [-0.1, -0.05) is 37.7 Å². The Kier molecular flexibility index (Phi) is 5.24. The van der Waals surface area contributed by atoms with Crippen LogP contribution in [0.25, 0.3) is 0 Å². The molecule has 0 aliphatic carbocycles. The zero-order chi connectivity index (χ0) is 16.3. The van der Waals surface area contributed by atoms with E-state index in [1.54, 1.807) is 0 Å². The zero-order valence-electron chi connectivity index (χ0n) is 13.7. The van der Waals surface area contributed by atoms with Gasteiger partial charge in [0.2, 0.25) is 5.91 Å². The van der Waals surface area contributed by atoms with Gasteiger partial charge in [-0.25, -0.2) is 0 Å². The highest BCUT2D eigenvalue weighted by Crippen LogP contribution is 2.21. The summed E-state index contributed by atoms with van der Waals surface area (Å²) in [4.78, 5) is 12.1. The zero-order valence-corrected chi connectivity index (χ0v) is 14.5. The number of hydrogen-bond acceptors (Lipinski definition) is 4. The van der Waals surface area contributed by atoms with Gasteiger partial charge >= 0.3 is 0 Å². The van der Waals surface area contributed by atoms with Crippen LogP contribution in [0.15, 0.2) is 23.4 Å². The average Bonchev–Trinajstić information content (AvgIpc) is 2.83. The SMILES string of the molecule is Cc1cccc(NC(=O)CSc2nnc(C(C)C)n2C)c1C. The van der Waals surface area contributed by atoms with Crippen LogP contribution in [0.5, 0.6) is 0 Å². The summed E-state index contributed by atoms with van der Waals surface area (Å²) < 4.78 is 1.94. The fourth-order valence-corrected chi connectivity index (χ4v) is 2.88. The molecule has 1 heterocycles. The second kappa shape index (κ2) is 6.96. The molecule has 0 aliphatic rings. The first-order valence-electron chi connectivity index (χ1n) is 7.28. The number of hydrogen-bond donors (Lipinski definition) is 1. The topological polar surface area (TPSA) is 59.8 Å². The Hall–Kier alpha value is -1.82. The molecule has 2 rings (SSSR count). The first kappa shape index (κ1) is 16.5. The molecular formula is C16H22N4OS. The average molecular weight is 318 g/mol. The highest BCUT2D eigenvalue weighted by atomic mass is 32.2. The number of nitrogens with one attached hydrogen (secondary N) is 1.